The monoisotopic (exact) mass is 374 g/mol. The van der Waals surface area contributed by atoms with E-state index in [1.807, 2.05) is 12.1 Å². The van der Waals surface area contributed by atoms with Gasteiger partial charge in [0.1, 0.15) is 11.6 Å². The molecule has 6 nitrogen and oxygen atoms in total. The van der Waals surface area contributed by atoms with Gasteiger partial charge >= 0.3 is 0 Å². The number of carbonyl (C=O) groups is 1. The predicted octanol–water partition coefficient (Wildman–Crippen LogP) is 4.06. The van der Waals surface area contributed by atoms with Crippen molar-refractivity contribution >= 4 is 5.91 Å². The van der Waals surface area contributed by atoms with Crippen LogP contribution < -0.4 is 5.48 Å². The summed E-state index contributed by atoms with van der Waals surface area (Å²) in [4.78, 5) is 23.6. The van der Waals surface area contributed by atoms with E-state index < -0.39 is 5.91 Å². The number of halogens is 1. The zero-order valence-electron chi connectivity index (χ0n) is 14.6. The molecule has 2 aromatic heterocycles. The molecular weight excluding hydrogens is 359 g/mol. The molecule has 0 saturated heterocycles. The molecule has 0 aliphatic carbocycles. The second kappa shape index (κ2) is 7.42. The van der Waals surface area contributed by atoms with Gasteiger partial charge in [0.2, 0.25) is 0 Å². The lowest BCUT2D eigenvalue weighted by Crippen LogP contribution is -2.20. The number of carbonyl (C=O) groups excluding carboxylic acids is 1. The van der Waals surface area contributed by atoms with Crippen LogP contribution in [0.1, 0.15) is 10.4 Å². The number of nitrogens with zero attached hydrogens (tertiary/aromatic N) is 2. The van der Waals surface area contributed by atoms with Gasteiger partial charge in [-0.25, -0.2) is 14.9 Å². The lowest BCUT2D eigenvalue weighted by atomic mass is 9.90. The van der Waals surface area contributed by atoms with Gasteiger partial charge in [0.25, 0.3) is 5.91 Å². The van der Waals surface area contributed by atoms with Crippen molar-refractivity contribution < 1.29 is 14.4 Å². The summed E-state index contributed by atoms with van der Waals surface area (Å²) in [6.07, 6.45) is 6.51. The summed E-state index contributed by atoms with van der Waals surface area (Å²) in [6, 6.07) is 13.2. The number of aromatic nitrogens is 3. The Hall–Kier alpha value is -3.84. The van der Waals surface area contributed by atoms with Gasteiger partial charge in [0.05, 0.1) is 5.56 Å². The molecule has 3 N–H and O–H groups in total. The zero-order chi connectivity index (χ0) is 19.5. The average Bonchev–Trinajstić information content (AvgIpc) is 3.28. The smallest absolute Gasteiger partial charge is 0.275 e. The lowest BCUT2D eigenvalue weighted by Gasteiger charge is -2.15. The van der Waals surface area contributed by atoms with Crippen LogP contribution in [-0.2, 0) is 0 Å². The fourth-order valence-corrected chi connectivity index (χ4v) is 3.09. The summed E-state index contributed by atoms with van der Waals surface area (Å²) in [5, 5.41) is 9.21. The second-order valence-corrected chi connectivity index (χ2v) is 6.06. The minimum atomic E-state index is -0.660. The third-order valence-electron chi connectivity index (χ3n) is 4.40. The highest BCUT2D eigenvalue weighted by Crippen LogP contribution is 2.37. The molecule has 138 valence electrons. The van der Waals surface area contributed by atoms with Crippen LogP contribution in [0.5, 0.6) is 0 Å². The van der Waals surface area contributed by atoms with E-state index in [2.05, 4.69) is 15.0 Å². The van der Waals surface area contributed by atoms with Crippen LogP contribution in [0.4, 0.5) is 4.39 Å². The first-order chi connectivity index (χ1) is 13.7. The van der Waals surface area contributed by atoms with Crippen LogP contribution >= 0.6 is 0 Å². The molecule has 0 atom stereocenters. The minimum Gasteiger partial charge on any atom is -0.345 e. The molecule has 0 unspecified atom stereocenters. The fourth-order valence-electron chi connectivity index (χ4n) is 3.09. The summed E-state index contributed by atoms with van der Waals surface area (Å²) in [5.41, 5.74) is 5.56. The number of hydrogen-bond donors (Lipinski definition) is 3. The van der Waals surface area contributed by atoms with E-state index in [0.717, 1.165) is 22.3 Å². The van der Waals surface area contributed by atoms with Gasteiger partial charge in [0, 0.05) is 30.4 Å². The summed E-state index contributed by atoms with van der Waals surface area (Å²) in [6.45, 7) is 0. The van der Waals surface area contributed by atoms with Gasteiger partial charge in [-0.2, -0.15) is 0 Å². The van der Waals surface area contributed by atoms with Gasteiger partial charge in [-0.05, 0) is 58.7 Å². The number of aromatic amines is 1. The van der Waals surface area contributed by atoms with Crippen molar-refractivity contribution in [1.29, 1.82) is 0 Å². The van der Waals surface area contributed by atoms with E-state index in [1.54, 1.807) is 54.5 Å². The topological polar surface area (TPSA) is 90.9 Å². The highest BCUT2D eigenvalue weighted by molar-refractivity contribution is 6.03. The zero-order valence-corrected chi connectivity index (χ0v) is 14.6. The highest BCUT2D eigenvalue weighted by Gasteiger charge is 2.19. The Morgan fingerprint density at radius 1 is 0.929 bits per heavy atom. The molecule has 2 aromatic carbocycles. The number of hydroxylamine groups is 1. The first-order valence-electron chi connectivity index (χ1n) is 8.46. The normalized spacial score (nSPS) is 10.6. The minimum absolute atomic E-state index is 0.245. The summed E-state index contributed by atoms with van der Waals surface area (Å²) in [7, 11) is 0. The fraction of sp³-hybridized carbons (Fsp3) is 0. The maximum atomic E-state index is 13.4. The van der Waals surface area contributed by atoms with Crippen LogP contribution in [0.2, 0.25) is 0 Å². The van der Waals surface area contributed by atoms with E-state index >= 15 is 0 Å². The molecule has 0 saturated carbocycles. The molecule has 0 bridgehead atoms. The quantitative estimate of drug-likeness (QED) is 0.371. The van der Waals surface area contributed by atoms with E-state index in [4.69, 9.17) is 0 Å². The van der Waals surface area contributed by atoms with E-state index in [0.29, 0.717) is 11.4 Å². The Morgan fingerprint density at radius 2 is 1.61 bits per heavy atom. The molecule has 0 spiro atoms. The van der Waals surface area contributed by atoms with Crippen molar-refractivity contribution in [3.63, 3.8) is 0 Å². The Labute approximate surface area is 159 Å². The number of rotatable bonds is 4. The van der Waals surface area contributed by atoms with E-state index in [-0.39, 0.29) is 11.4 Å². The molecule has 28 heavy (non-hydrogen) atoms. The summed E-state index contributed by atoms with van der Waals surface area (Å²) < 4.78 is 13.4. The SMILES string of the molecule is O=C(NO)c1cc(-c2ccncc2)c(-c2ccc(F)cc2)cc1-c1ncc[nH]1. The molecule has 7 heteroatoms. The Bertz CT molecular complexity index is 1110. The standard InChI is InChI=1S/C21H15FN4O2/c22-15-3-1-13(2-4-15)16-11-18(20-24-9-10-25-20)19(21(27)26-28)12-17(16)14-5-7-23-8-6-14/h1-12,28H,(H,24,25)(H,26,27). The van der Waals surface area contributed by atoms with Crippen LogP contribution in [0, 0.1) is 5.82 Å². The van der Waals surface area contributed by atoms with Gasteiger partial charge in [-0.3, -0.25) is 15.0 Å². The van der Waals surface area contributed by atoms with Crippen molar-refractivity contribution in [1.82, 2.24) is 20.4 Å². The van der Waals surface area contributed by atoms with Gasteiger partial charge in [0.15, 0.2) is 0 Å². The van der Waals surface area contributed by atoms with Crippen LogP contribution in [-0.4, -0.2) is 26.1 Å². The molecule has 0 aliphatic rings. The molecule has 4 aromatic rings. The molecule has 0 aliphatic heterocycles. The third-order valence-corrected chi connectivity index (χ3v) is 4.40. The maximum absolute atomic E-state index is 13.4. The van der Waals surface area contributed by atoms with Crippen LogP contribution in [0.25, 0.3) is 33.6 Å². The Balaban J connectivity index is 2.03. The largest absolute Gasteiger partial charge is 0.345 e. The van der Waals surface area contributed by atoms with Crippen molar-refractivity contribution in [3.05, 3.63) is 84.7 Å². The highest BCUT2D eigenvalue weighted by atomic mass is 19.1. The Morgan fingerprint density at radius 3 is 2.25 bits per heavy atom. The van der Waals surface area contributed by atoms with Gasteiger partial charge in [-0.15, -0.1) is 0 Å². The van der Waals surface area contributed by atoms with Crippen molar-refractivity contribution in [2.24, 2.45) is 0 Å². The van der Waals surface area contributed by atoms with Crippen LogP contribution in [0.3, 0.4) is 0 Å². The number of hydrogen-bond acceptors (Lipinski definition) is 4. The van der Waals surface area contributed by atoms with Gasteiger partial charge in [-0.1, -0.05) is 12.1 Å². The van der Waals surface area contributed by atoms with Crippen LogP contribution in [0.15, 0.2) is 73.3 Å². The number of benzene rings is 2. The van der Waals surface area contributed by atoms with E-state index in [1.165, 1.54) is 12.1 Å². The molecule has 1 amide bonds. The Kier molecular flexibility index (Phi) is 4.65. The van der Waals surface area contributed by atoms with E-state index in [9.17, 15) is 14.4 Å². The lowest BCUT2D eigenvalue weighted by molar-refractivity contribution is 0.0707. The molecule has 4 rings (SSSR count). The molecule has 2 heterocycles. The maximum Gasteiger partial charge on any atom is 0.275 e. The first-order valence-corrected chi connectivity index (χ1v) is 8.46. The molecular formula is C21H15FN4O2. The van der Waals surface area contributed by atoms with Crippen molar-refractivity contribution in [2.45, 2.75) is 0 Å². The van der Waals surface area contributed by atoms with Gasteiger partial charge < -0.3 is 4.98 Å². The molecule has 0 fully saturated rings. The number of nitrogens with one attached hydrogen (secondary N) is 2. The first kappa shape index (κ1) is 17.6. The third kappa shape index (κ3) is 3.26. The second-order valence-electron chi connectivity index (χ2n) is 6.06. The number of imidazole rings is 1. The molecule has 0 radical (unpaired) electrons. The van der Waals surface area contributed by atoms with Crippen molar-refractivity contribution in [3.8, 4) is 33.6 Å². The summed E-state index contributed by atoms with van der Waals surface area (Å²) in [5.74, 6) is -0.521. The average molecular weight is 374 g/mol. The number of H-pyrrole nitrogens is 1. The summed E-state index contributed by atoms with van der Waals surface area (Å²) >= 11 is 0. The predicted molar refractivity (Wildman–Crippen MR) is 102 cm³/mol. The number of pyridine rings is 1. The number of amides is 1. The van der Waals surface area contributed by atoms with Crippen molar-refractivity contribution in [2.75, 3.05) is 0 Å².